The standard InChI is InChI=1S/C21H23NO4S/c1-21(2,3)15-8-4-14(5-9-15)20(25)26-16-10-6-13(7-11-16)18-22-17(12-27-18)19(23)24/h4-11,17-18,22H,12H2,1-3H3,(H,23,24)/t17-,18+/m0/s1. The predicted molar refractivity (Wildman–Crippen MR) is 102 cm³/mol. The maximum Gasteiger partial charge on any atom is 0.343 e. The number of hydrogen-bond donors (Lipinski definition) is 1. The third-order valence-corrected chi connectivity index (χ3v) is 5.91. The Labute approximate surface area is 163 Å². The Morgan fingerprint density at radius 3 is 2.22 bits per heavy atom. The van der Waals surface area contributed by atoms with Crippen molar-refractivity contribution >= 4 is 23.7 Å². The molecule has 0 bridgehead atoms. The van der Waals surface area contributed by atoms with Gasteiger partial charge < -0.3 is 20.0 Å². The molecule has 0 unspecified atom stereocenters. The number of carboxylic acids is 1. The van der Waals surface area contributed by atoms with Crippen LogP contribution in [0, 0.1) is 0 Å². The highest BCUT2D eigenvalue weighted by Gasteiger charge is 2.30. The normalized spacial score (nSPS) is 19.7. The first-order valence-electron chi connectivity index (χ1n) is 8.84. The molecule has 2 aromatic carbocycles. The number of esters is 1. The second-order valence-electron chi connectivity index (χ2n) is 7.66. The third-order valence-electron chi connectivity index (χ3n) is 4.57. The Balaban J connectivity index is 1.63. The minimum absolute atomic E-state index is 0.0163. The van der Waals surface area contributed by atoms with E-state index in [4.69, 9.17) is 4.74 Å². The van der Waals surface area contributed by atoms with Crippen LogP contribution in [0.2, 0.25) is 0 Å². The van der Waals surface area contributed by atoms with Gasteiger partial charge in [-0.05, 0) is 47.4 Å². The quantitative estimate of drug-likeness (QED) is 0.639. The van der Waals surface area contributed by atoms with E-state index in [9.17, 15) is 14.7 Å². The summed E-state index contributed by atoms with van der Waals surface area (Å²) in [7, 11) is 0. The van der Waals surface area contributed by atoms with E-state index >= 15 is 0 Å². The molecule has 1 aliphatic rings. The Hall–Kier alpha value is -2.31. The number of aliphatic carboxylic acids is 1. The summed E-state index contributed by atoms with van der Waals surface area (Å²) in [5.74, 6) is -0.452. The molecule has 3 rings (SSSR count). The Bertz CT molecular complexity index is 825. The van der Waals surface area contributed by atoms with Crippen LogP contribution in [0.4, 0.5) is 0 Å². The lowest BCUT2D eigenvalue weighted by molar-refractivity contribution is -0.690. The topological polar surface area (TPSA) is 83.0 Å². The van der Waals surface area contributed by atoms with Crippen LogP contribution in [0.3, 0.4) is 0 Å². The number of quaternary nitrogens is 1. The maximum absolute atomic E-state index is 12.3. The minimum Gasteiger partial charge on any atom is -0.544 e. The first-order valence-corrected chi connectivity index (χ1v) is 9.89. The van der Waals surface area contributed by atoms with Gasteiger partial charge in [-0.3, -0.25) is 0 Å². The Kier molecular flexibility index (Phi) is 5.58. The minimum atomic E-state index is -1.03. The van der Waals surface area contributed by atoms with E-state index < -0.39 is 18.0 Å². The fourth-order valence-electron chi connectivity index (χ4n) is 2.88. The zero-order chi connectivity index (χ0) is 19.6. The van der Waals surface area contributed by atoms with Gasteiger partial charge in [-0.2, -0.15) is 0 Å². The van der Waals surface area contributed by atoms with E-state index in [0.29, 0.717) is 17.1 Å². The second-order valence-corrected chi connectivity index (χ2v) is 8.83. The largest absolute Gasteiger partial charge is 0.544 e. The van der Waals surface area contributed by atoms with Gasteiger partial charge in [0.1, 0.15) is 17.8 Å². The Morgan fingerprint density at radius 2 is 1.70 bits per heavy atom. The van der Waals surface area contributed by atoms with Crippen molar-refractivity contribution in [1.82, 2.24) is 0 Å². The van der Waals surface area contributed by atoms with Crippen molar-refractivity contribution in [1.29, 1.82) is 0 Å². The predicted octanol–water partition coefficient (Wildman–Crippen LogP) is 1.63. The molecule has 0 spiro atoms. The molecule has 5 nitrogen and oxygen atoms in total. The number of rotatable bonds is 4. The van der Waals surface area contributed by atoms with E-state index in [0.717, 1.165) is 11.1 Å². The van der Waals surface area contributed by atoms with Gasteiger partial charge in [-0.25, -0.2) is 4.79 Å². The lowest BCUT2D eigenvalue weighted by atomic mass is 9.87. The van der Waals surface area contributed by atoms with Crippen molar-refractivity contribution < 1.29 is 24.7 Å². The fourth-order valence-corrected chi connectivity index (χ4v) is 4.19. The molecule has 0 saturated carbocycles. The molecule has 0 aliphatic carbocycles. The highest BCUT2D eigenvalue weighted by atomic mass is 32.2. The van der Waals surface area contributed by atoms with Gasteiger partial charge in [0.25, 0.3) is 0 Å². The Morgan fingerprint density at radius 1 is 1.07 bits per heavy atom. The van der Waals surface area contributed by atoms with Crippen molar-refractivity contribution in [3.05, 3.63) is 65.2 Å². The van der Waals surface area contributed by atoms with Crippen LogP contribution in [-0.4, -0.2) is 23.7 Å². The summed E-state index contributed by atoms with van der Waals surface area (Å²) < 4.78 is 5.44. The summed E-state index contributed by atoms with van der Waals surface area (Å²) in [6.07, 6.45) is 0. The molecule has 0 aromatic heterocycles. The number of carbonyl (C=O) groups is 2. The van der Waals surface area contributed by atoms with E-state index in [1.807, 2.05) is 24.3 Å². The molecule has 142 valence electrons. The van der Waals surface area contributed by atoms with Gasteiger partial charge >= 0.3 is 5.97 Å². The molecule has 1 heterocycles. The summed E-state index contributed by atoms with van der Waals surface area (Å²) in [6.45, 7) is 6.37. The number of benzene rings is 2. The lowest BCUT2D eigenvalue weighted by Gasteiger charge is -2.18. The first-order chi connectivity index (χ1) is 12.7. The second kappa shape index (κ2) is 7.74. The lowest BCUT2D eigenvalue weighted by Crippen LogP contribution is -2.90. The zero-order valence-electron chi connectivity index (χ0n) is 15.6. The summed E-state index contributed by atoms with van der Waals surface area (Å²) in [5.41, 5.74) is 2.67. The summed E-state index contributed by atoms with van der Waals surface area (Å²) in [6, 6.07) is 14.1. The van der Waals surface area contributed by atoms with E-state index in [-0.39, 0.29) is 10.8 Å². The molecule has 2 aromatic rings. The molecule has 2 N–H and O–H groups in total. The van der Waals surface area contributed by atoms with Crippen molar-refractivity contribution in [2.24, 2.45) is 0 Å². The van der Waals surface area contributed by atoms with E-state index in [1.54, 1.807) is 41.3 Å². The molecule has 1 fully saturated rings. The summed E-state index contributed by atoms with van der Waals surface area (Å²) in [4.78, 5) is 23.3. The molecule has 0 amide bonds. The van der Waals surface area contributed by atoms with Crippen LogP contribution >= 0.6 is 11.8 Å². The van der Waals surface area contributed by atoms with Crippen molar-refractivity contribution in [2.45, 2.75) is 37.6 Å². The highest BCUT2D eigenvalue weighted by Crippen LogP contribution is 2.28. The molecule has 2 atom stereocenters. The molecule has 6 heteroatoms. The van der Waals surface area contributed by atoms with Crippen LogP contribution < -0.4 is 15.2 Å². The average Bonchev–Trinajstić information content (AvgIpc) is 3.12. The number of nitrogens with two attached hydrogens (primary N) is 1. The van der Waals surface area contributed by atoms with Crippen LogP contribution in [-0.2, 0) is 10.2 Å². The highest BCUT2D eigenvalue weighted by molar-refractivity contribution is 7.99. The van der Waals surface area contributed by atoms with Crippen molar-refractivity contribution in [2.75, 3.05) is 5.75 Å². The van der Waals surface area contributed by atoms with Gasteiger partial charge in [-0.1, -0.05) is 44.7 Å². The first kappa shape index (κ1) is 19.5. The van der Waals surface area contributed by atoms with Crippen LogP contribution in [0.15, 0.2) is 48.5 Å². The number of thioether (sulfide) groups is 1. The smallest absolute Gasteiger partial charge is 0.343 e. The number of ether oxygens (including phenoxy) is 1. The summed E-state index contributed by atoms with van der Waals surface area (Å²) >= 11 is 1.57. The molecule has 1 saturated heterocycles. The van der Waals surface area contributed by atoms with Crippen LogP contribution in [0.5, 0.6) is 5.75 Å². The van der Waals surface area contributed by atoms with Crippen molar-refractivity contribution in [3.63, 3.8) is 0 Å². The van der Waals surface area contributed by atoms with Gasteiger partial charge in [0.05, 0.1) is 11.3 Å². The number of carboxylic acid groups (broad SMARTS) is 1. The average molecular weight is 385 g/mol. The molecule has 0 radical (unpaired) electrons. The van der Waals surface area contributed by atoms with Gasteiger partial charge in [0.15, 0.2) is 5.37 Å². The third kappa shape index (κ3) is 4.70. The molecule has 27 heavy (non-hydrogen) atoms. The van der Waals surface area contributed by atoms with Crippen molar-refractivity contribution in [3.8, 4) is 5.75 Å². The maximum atomic E-state index is 12.3. The monoisotopic (exact) mass is 385 g/mol. The molecular formula is C21H23NO4S. The van der Waals surface area contributed by atoms with E-state index in [1.165, 1.54) is 0 Å². The van der Waals surface area contributed by atoms with Crippen LogP contribution in [0.1, 0.15) is 47.6 Å². The van der Waals surface area contributed by atoms with Gasteiger partial charge in [0.2, 0.25) is 0 Å². The molecular weight excluding hydrogens is 362 g/mol. The fraction of sp³-hybridized carbons (Fsp3) is 0.333. The number of hydrogen-bond acceptors (Lipinski definition) is 5. The SMILES string of the molecule is CC(C)(C)c1ccc(C(=O)Oc2ccc([C@@H]3[NH2+][C@H](C(=O)[O-])CS3)cc2)cc1. The molecule has 1 aliphatic heterocycles. The van der Waals surface area contributed by atoms with Gasteiger partial charge in [0, 0.05) is 5.56 Å². The van der Waals surface area contributed by atoms with E-state index in [2.05, 4.69) is 20.8 Å². The van der Waals surface area contributed by atoms with Gasteiger partial charge in [-0.15, -0.1) is 0 Å². The summed E-state index contributed by atoms with van der Waals surface area (Å²) in [5, 5.41) is 12.8. The number of carbonyl (C=O) groups excluding carboxylic acids is 2. The zero-order valence-corrected chi connectivity index (χ0v) is 16.4. The van der Waals surface area contributed by atoms with Crippen LogP contribution in [0.25, 0.3) is 0 Å².